The highest BCUT2D eigenvalue weighted by Crippen LogP contribution is 2.28. The summed E-state index contributed by atoms with van der Waals surface area (Å²) in [6.45, 7) is 0.469. The van der Waals surface area contributed by atoms with Crippen molar-refractivity contribution in [2.45, 2.75) is 12.8 Å². The summed E-state index contributed by atoms with van der Waals surface area (Å²) in [5.74, 6) is -0.0639. The van der Waals surface area contributed by atoms with E-state index in [0.29, 0.717) is 35.0 Å². The fraction of sp³-hybridized carbons (Fsp3) is 0.250. The van der Waals surface area contributed by atoms with Gasteiger partial charge in [-0.3, -0.25) is 0 Å². The van der Waals surface area contributed by atoms with Crippen LogP contribution >= 0.6 is 23.2 Å². The van der Waals surface area contributed by atoms with Crippen LogP contribution in [0.5, 0.6) is 0 Å². The molecule has 0 amide bonds. The van der Waals surface area contributed by atoms with Crippen LogP contribution in [0.1, 0.15) is 11.1 Å². The third-order valence-corrected chi connectivity index (χ3v) is 4.20. The molecule has 1 nitrogen and oxygen atoms in total. The van der Waals surface area contributed by atoms with Gasteiger partial charge in [-0.1, -0.05) is 53.5 Å². The number of hydrogen-bond donors (Lipinski definition) is 1. The molecule has 0 heterocycles. The molecule has 4 heteroatoms. The zero-order valence-electron chi connectivity index (χ0n) is 11.0. The van der Waals surface area contributed by atoms with E-state index >= 15 is 0 Å². The van der Waals surface area contributed by atoms with Gasteiger partial charge >= 0.3 is 0 Å². The van der Waals surface area contributed by atoms with Crippen molar-refractivity contribution in [3.8, 4) is 0 Å². The maximum Gasteiger partial charge on any atom is 0.126 e. The summed E-state index contributed by atoms with van der Waals surface area (Å²) >= 11 is 12.2. The van der Waals surface area contributed by atoms with Crippen molar-refractivity contribution in [3.05, 3.63) is 69.5 Å². The SMILES string of the molecule is NCC(Cc1ccccc1F)Cc1cccc(Cl)c1Cl. The lowest BCUT2D eigenvalue weighted by Crippen LogP contribution is -2.20. The Morgan fingerprint density at radius 1 is 0.950 bits per heavy atom. The maximum atomic E-state index is 13.7. The monoisotopic (exact) mass is 311 g/mol. The normalized spacial score (nSPS) is 12.4. The molecule has 1 atom stereocenters. The molecule has 0 aromatic heterocycles. The summed E-state index contributed by atoms with van der Waals surface area (Å²) in [5.41, 5.74) is 7.44. The topological polar surface area (TPSA) is 26.0 Å². The fourth-order valence-corrected chi connectivity index (χ4v) is 2.63. The van der Waals surface area contributed by atoms with Crippen LogP contribution in [0.15, 0.2) is 42.5 Å². The first-order chi connectivity index (χ1) is 9.61. The zero-order chi connectivity index (χ0) is 14.5. The highest BCUT2D eigenvalue weighted by molar-refractivity contribution is 6.42. The number of benzene rings is 2. The summed E-state index contributed by atoms with van der Waals surface area (Å²) < 4.78 is 13.7. The van der Waals surface area contributed by atoms with Crippen LogP contribution in [0.25, 0.3) is 0 Å². The highest BCUT2D eigenvalue weighted by Gasteiger charge is 2.14. The van der Waals surface area contributed by atoms with E-state index in [1.807, 2.05) is 18.2 Å². The molecule has 0 spiro atoms. The van der Waals surface area contributed by atoms with Crippen LogP contribution in [0.4, 0.5) is 4.39 Å². The molecule has 1 unspecified atom stereocenters. The van der Waals surface area contributed by atoms with E-state index < -0.39 is 0 Å². The molecule has 2 aromatic carbocycles. The predicted octanol–water partition coefficient (Wildman–Crippen LogP) is 4.49. The molecule has 2 aromatic rings. The van der Waals surface area contributed by atoms with E-state index in [4.69, 9.17) is 28.9 Å². The number of hydrogen-bond acceptors (Lipinski definition) is 1. The van der Waals surface area contributed by atoms with Gasteiger partial charge in [0.2, 0.25) is 0 Å². The van der Waals surface area contributed by atoms with Gasteiger partial charge in [0.25, 0.3) is 0 Å². The van der Waals surface area contributed by atoms with E-state index in [0.717, 1.165) is 5.56 Å². The minimum atomic E-state index is -0.192. The van der Waals surface area contributed by atoms with Crippen LogP contribution in [-0.2, 0) is 12.8 Å². The first kappa shape index (κ1) is 15.3. The molecule has 2 N–H and O–H groups in total. The van der Waals surface area contributed by atoms with Crippen molar-refractivity contribution in [1.82, 2.24) is 0 Å². The molecular weight excluding hydrogens is 296 g/mol. The Morgan fingerprint density at radius 3 is 2.30 bits per heavy atom. The van der Waals surface area contributed by atoms with Gasteiger partial charge in [0, 0.05) is 0 Å². The molecule has 0 fully saturated rings. The van der Waals surface area contributed by atoms with E-state index in [1.54, 1.807) is 18.2 Å². The third-order valence-electron chi connectivity index (χ3n) is 3.34. The van der Waals surface area contributed by atoms with Gasteiger partial charge in [0.15, 0.2) is 0 Å². The van der Waals surface area contributed by atoms with Gasteiger partial charge in [-0.15, -0.1) is 0 Å². The Bertz CT molecular complexity index is 586. The van der Waals surface area contributed by atoms with E-state index in [1.165, 1.54) is 6.07 Å². The first-order valence-corrected chi connectivity index (χ1v) is 7.23. The highest BCUT2D eigenvalue weighted by atomic mass is 35.5. The van der Waals surface area contributed by atoms with Gasteiger partial charge in [-0.05, 0) is 48.6 Å². The van der Waals surface area contributed by atoms with E-state index in [-0.39, 0.29) is 11.7 Å². The van der Waals surface area contributed by atoms with Crippen molar-refractivity contribution in [3.63, 3.8) is 0 Å². The Morgan fingerprint density at radius 2 is 1.60 bits per heavy atom. The van der Waals surface area contributed by atoms with Crippen molar-refractivity contribution in [1.29, 1.82) is 0 Å². The van der Waals surface area contributed by atoms with Gasteiger partial charge in [-0.25, -0.2) is 4.39 Å². The second-order valence-corrected chi connectivity index (χ2v) is 5.60. The van der Waals surface area contributed by atoms with Gasteiger partial charge in [-0.2, -0.15) is 0 Å². The minimum Gasteiger partial charge on any atom is -0.330 e. The van der Waals surface area contributed by atoms with Gasteiger partial charge in [0.05, 0.1) is 10.0 Å². The van der Waals surface area contributed by atoms with Gasteiger partial charge < -0.3 is 5.73 Å². The van der Waals surface area contributed by atoms with Crippen LogP contribution < -0.4 is 5.73 Å². The lowest BCUT2D eigenvalue weighted by molar-refractivity contribution is 0.512. The average Bonchev–Trinajstić information content (AvgIpc) is 2.45. The van der Waals surface area contributed by atoms with Crippen molar-refractivity contribution >= 4 is 23.2 Å². The molecular formula is C16H16Cl2FN. The molecule has 20 heavy (non-hydrogen) atoms. The number of nitrogens with two attached hydrogens (primary N) is 1. The standard InChI is InChI=1S/C16H16Cl2FN/c17-14-6-3-5-13(16(14)18)9-11(10-20)8-12-4-1-2-7-15(12)19/h1-7,11H,8-10,20H2. The van der Waals surface area contributed by atoms with Crippen molar-refractivity contribution in [2.24, 2.45) is 11.7 Å². The second-order valence-electron chi connectivity index (χ2n) is 4.81. The van der Waals surface area contributed by atoms with Crippen molar-refractivity contribution in [2.75, 3.05) is 6.54 Å². The summed E-state index contributed by atoms with van der Waals surface area (Å²) in [6, 6.07) is 12.3. The molecule has 2 rings (SSSR count). The third kappa shape index (κ3) is 3.72. The molecule has 0 aliphatic rings. The molecule has 0 radical (unpaired) electrons. The van der Waals surface area contributed by atoms with Crippen LogP contribution in [0.3, 0.4) is 0 Å². The summed E-state index contributed by atoms with van der Waals surface area (Å²) in [7, 11) is 0. The average molecular weight is 312 g/mol. The molecule has 106 valence electrons. The summed E-state index contributed by atoms with van der Waals surface area (Å²) in [4.78, 5) is 0. The number of halogens is 3. The first-order valence-electron chi connectivity index (χ1n) is 6.48. The summed E-state index contributed by atoms with van der Waals surface area (Å²) in [6.07, 6.45) is 1.27. The van der Waals surface area contributed by atoms with Crippen LogP contribution in [0.2, 0.25) is 10.0 Å². The minimum absolute atomic E-state index is 0.128. The lowest BCUT2D eigenvalue weighted by atomic mass is 9.92. The molecule has 0 aliphatic heterocycles. The molecule has 0 saturated carbocycles. The quantitative estimate of drug-likeness (QED) is 0.865. The Hall–Kier alpha value is -1.09. The largest absolute Gasteiger partial charge is 0.330 e. The number of rotatable bonds is 5. The van der Waals surface area contributed by atoms with Crippen LogP contribution in [0, 0.1) is 11.7 Å². The van der Waals surface area contributed by atoms with Gasteiger partial charge in [0.1, 0.15) is 5.82 Å². The molecule has 0 aliphatic carbocycles. The smallest absolute Gasteiger partial charge is 0.126 e. The second kappa shape index (κ2) is 7.07. The Balaban J connectivity index is 2.14. The molecule has 0 bridgehead atoms. The molecule has 0 saturated heterocycles. The Kier molecular flexibility index (Phi) is 5.41. The van der Waals surface area contributed by atoms with E-state index in [2.05, 4.69) is 0 Å². The Labute approximate surface area is 128 Å². The fourth-order valence-electron chi connectivity index (χ4n) is 2.23. The lowest BCUT2D eigenvalue weighted by Gasteiger charge is -2.16. The predicted molar refractivity (Wildman–Crippen MR) is 82.8 cm³/mol. The van der Waals surface area contributed by atoms with Crippen molar-refractivity contribution < 1.29 is 4.39 Å². The van der Waals surface area contributed by atoms with Crippen LogP contribution in [-0.4, -0.2) is 6.54 Å². The van der Waals surface area contributed by atoms with E-state index in [9.17, 15) is 4.39 Å². The summed E-state index contributed by atoms with van der Waals surface area (Å²) in [5, 5.41) is 1.09. The zero-order valence-corrected chi connectivity index (χ0v) is 12.5. The maximum absolute atomic E-state index is 13.7.